The van der Waals surface area contributed by atoms with Crippen LogP contribution in [0.3, 0.4) is 0 Å². The van der Waals surface area contributed by atoms with Crippen molar-refractivity contribution in [3.63, 3.8) is 0 Å². The molecule has 0 fully saturated rings. The van der Waals surface area contributed by atoms with Crippen molar-refractivity contribution >= 4 is 21.6 Å². The molecule has 0 radical (unpaired) electrons. The van der Waals surface area contributed by atoms with E-state index >= 15 is 0 Å². The maximum atomic E-state index is 14.2. The minimum absolute atomic E-state index is 0.124. The first-order valence-corrected chi connectivity index (χ1v) is 11.0. The fraction of sp³-hybridized carbons (Fsp3) is 0.250. The summed E-state index contributed by atoms with van der Waals surface area (Å²) in [6.07, 6.45) is 0.905. The maximum Gasteiger partial charge on any atom is 0.246 e. The van der Waals surface area contributed by atoms with Gasteiger partial charge in [-0.3, -0.25) is 9.10 Å². The van der Waals surface area contributed by atoms with Crippen molar-refractivity contribution in [3.05, 3.63) is 60.2 Å². The molecule has 0 aliphatic heterocycles. The molecule has 3 aromatic rings. The Morgan fingerprint density at radius 2 is 1.90 bits per heavy atom. The van der Waals surface area contributed by atoms with E-state index in [0.29, 0.717) is 17.1 Å². The summed E-state index contributed by atoms with van der Waals surface area (Å²) in [5, 5.41) is 6.40. The number of nitrogens with one attached hydrogen (secondary N) is 1. The average Bonchev–Trinajstić information content (AvgIpc) is 3.21. The van der Waals surface area contributed by atoms with Crippen molar-refractivity contribution in [3.8, 4) is 17.1 Å². The van der Waals surface area contributed by atoms with Crippen molar-refractivity contribution in [2.45, 2.75) is 19.5 Å². The van der Waals surface area contributed by atoms with Crippen LogP contribution < -0.4 is 14.4 Å². The Kier molecular flexibility index (Phi) is 6.54. The number of benzene rings is 2. The van der Waals surface area contributed by atoms with Gasteiger partial charge in [-0.25, -0.2) is 12.8 Å². The molecule has 1 heterocycles. The molecule has 0 bridgehead atoms. The highest BCUT2D eigenvalue weighted by molar-refractivity contribution is 7.92. The molecule has 1 N–H and O–H groups in total. The highest BCUT2D eigenvalue weighted by atomic mass is 32.2. The number of carbonyl (C=O) groups is 1. The van der Waals surface area contributed by atoms with Crippen LogP contribution in [-0.4, -0.2) is 43.9 Å². The zero-order chi connectivity index (χ0) is 22.6. The van der Waals surface area contributed by atoms with Gasteiger partial charge in [0.2, 0.25) is 27.6 Å². The van der Waals surface area contributed by atoms with Gasteiger partial charge in [0.1, 0.15) is 17.6 Å². The van der Waals surface area contributed by atoms with Crippen LogP contribution in [0.25, 0.3) is 11.4 Å². The lowest BCUT2D eigenvalue weighted by Crippen LogP contribution is -2.48. The smallest absolute Gasteiger partial charge is 0.246 e. The lowest BCUT2D eigenvalue weighted by atomic mass is 10.2. The van der Waals surface area contributed by atoms with Crippen LogP contribution in [0.15, 0.2) is 53.1 Å². The molecule has 0 aliphatic rings. The zero-order valence-electron chi connectivity index (χ0n) is 17.1. The van der Waals surface area contributed by atoms with Gasteiger partial charge in [0, 0.05) is 5.56 Å². The summed E-state index contributed by atoms with van der Waals surface area (Å²) >= 11 is 0. The number of rotatable bonds is 8. The molecule has 0 saturated carbocycles. The third-order valence-corrected chi connectivity index (χ3v) is 5.64. The van der Waals surface area contributed by atoms with Crippen LogP contribution in [-0.2, 0) is 21.4 Å². The van der Waals surface area contributed by atoms with Gasteiger partial charge < -0.3 is 14.6 Å². The molecule has 3 rings (SSSR count). The van der Waals surface area contributed by atoms with E-state index in [2.05, 4.69) is 15.5 Å². The normalized spacial score (nSPS) is 12.3. The van der Waals surface area contributed by atoms with Crippen LogP contribution in [0.2, 0.25) is 0 Å². The van der Waals surface area contributed by atoms with Gasteiger partial charge in [-0.15, -0.1) is 0 Å². The van der Waals surface area contributed by atoms with Gasteiger partial charge in [0.25, 0.3) is 0 Å². The monoisotopic (exact) mass is 448 g/mol. The zero-order valence-corrected chi connectivity index (χ0v) is 17.9. The Morgan fingerprint density at radius 3 is 2.52 bits per heavy atom. The summed E-state index contributed by atoms with van der Waals surface area (Å²) in [5.74, 6) is -0.280. The van der Waals surface area contributed by atoms with Crippen molar-refractivity contribution < 1.29 is 26.9 Å². The van der Waals surface area contributed by atoms with Gasteiger partial charge in [-0.2, -0.15) is 4.98 Å². The first kappa shape index (κ1) is 22.2. The van der Waals surface area contributed by atoms with E-state index in [1.807, 2.05) is 0 Å². The van der Waals surface area contributed by atoms with E-state index in [0.717, 1.165) is 16.6 Å². The van der Waals surface area contributed by atoms with Gasteiger partial charge in [0.05, 0.1) is 25.6 Å². The minimum Gasteiger partial charge on any atom is -0.497 e. The topological polar surface area (TPSA) is 115 Å². The fourth-order valence-electron chi connectivity index (χ4n) is 2.91. The Bertz CT molecular complexity index is 1160. The number of hydrogen-bond acceptors (Lipinski definition) is 7. The van der Waals surface area contributed by atoms with Crippen LogP contribution in [0.1, 0.15) is 12.8 Å². The summed E-state index contributed by atoms with van der Waals surface area (Å²) in [7, 11) is -2.38. The molecule has 2 aromatic carbocycles. The first-order chi connectivity index (χ1) is 14.7. The predicted octanol–water partition coefficient (Wildman–Crippen LogP) is 2.36. The third kappa shape index (κ3) is 5.18. The molecular formula is C20H21FN4O5S. The number of nitrogens with zero attached hydrogens (tertiary/aromatic N) is 3. The highest BCUT2D eigenvalue weighted by Crippen LogP contribution is 2.24. The first-order valence-electron chi connectivity index (χ1n) is 9.19. The maximum absolute atomic E-state index is 14.2. The van der Waals surface area contributed by atoms with Gasteiger partial charge in [-0.1, -0.05) is 17.3 Å². The van der Waals surface area contributed by atoms with Crippen molar-refractivity contribution in [2.24, 2.45) is 0 Å². The molecule has 9 nitrogen and oxygen atoms in total. The second kappa shape index (κ2) is 9.13. The molecule has 1 amide bonds. The van der Waals surface area contributed by atoms with E-state index in [4.69, 9.17) is 9.26 Å². The third-order valence-electron chi connectivity index (χ3n) is 4.41. The number of anilines is 1. The molecule has 31 heavy (non-hydrogen) atoms. The van der Waals surface area contributed by atoms with E-state index < -0.39 is 27.8 Å². The van der Waals surface area contributed by atoms with Crippen molar-refractivity contribution in [1.29, 1.82) is 0 Å². The minimum atomic E-state index is -3.93. The molecule has 0 spiro atoms. The Hall–Kier alpha value is -3.47. The number of sulfonamides is 1. The second-order valence-electron chi connectivity index (χ2n) is 6.64. The van der Waals surface area contributed by atoms with Crippen LogP contribution in [0.5, 0.6) is 5.75 Å². The van der Waals surface area contributed by atoms with Crippen molar-refractivity contribution in [2.75, 3.05) is 17.7 Å². The lowest BCUT2D eigenvalue weighted by molar-refractivity contribution is -0.122. The van der Waals surface area contributed by atoms with Gasteiger partial charge in [0.15, 0.2) is 0 Å². The number of methoxy groups -OCH3 is 1. The number of ether oxygens (including phenoxy) is 1. The Morgan fingerprint density at radius 1 is 1.23 bits per heavy atom. The van der Waals surface area contributed by atoms with Crippen LogP contribution in [0.4, 0.5) is 10.1 Å². The van der Waals surface area contributed by atoms with Crippen LogP contribution in [0, 0.1) is 5.82 Å². The summed E-state index contributed by atoms with van der Waals surface area (Å²) in [4.78, 5) is 16.8. The number of aromatic nitrogens is 2. The molecule has 0 saturated heterocycles. The number of halogens is 1. The molecule has 1 aromatic heterocycles. The summed E-state index contributed by atoms with van der Waals surface area (Å²) in [5.41, 5.74) is 0.477. The molecule has 11 heteroatoms. The van der Waals surface area contributed by atoms with E-state index in [9.17, 15) is 17.6 Å². The predicted molar refractivity (Wildman–Crippen MR) is 111 cm³/mol. The number of amides is 1. The summed E-state index contributed by atoms with van der Waals surface area (Å²) in [6.45, 7) is 1.24. The summed E-state index contributed by atoms with van der Waals surface area (Å²) < 4.78 is 49.6. The second-order valence-corrected chi connectivity index (χ2v) is 8.50. The lowest BCUT2D eigenvalue weighted by Gasteiger charge is -2.28. The van der Waals surface area contributed by atoms with Crippen LogP contribution >= 0.6 is 0 Å². The molecular weight excluding hydrogens is 427 g/mol. The largest absolute Gasteiger partial charge is 0.497 e. The standard InChI is InChI=1S/C20H21FN4O5S/c1-13(25(31(3,27)28)17-7-5-4-6-16(17)21)20(26)22-12-18-23-19(24-30-18)14-8-10-15(29-2)11-9-14/h4-11,13H,12H2,1-3H3,(H,22,26)/t13-/m1/s1. The average molecular weight is 448 g/mol. The molecule has 0 aliphatic carbocycles. The number of para-hydroxylation sites is 1. The molecule has 0 unspecified atom stereocenters. The molecule has 1 atom stereocenters. The molecule has 164 valence electrons. The quantitative estimate of drug-likeness (QED) is 0.563. The highest BCUT2D eigenvalue weighted by Gasteiger charge is 2.31. The Balaban J connectivity index is 1.71. The summed E-state index contributed by atoms with van der Waals surface area (Å²) in [6, 6.07) is 11.1. The van der Waals surface area contributed by atoms with E-state index in [-0.39, 0.29) is 18.1 Å². The van der Waals surface area contributed by atoms with Crippen molar-refractivity contribution in [1.82, 2.24) is 15.5 Å². The Labute approximate surface area is 178 Å². The van der Waals surface area contributed by atoms with E-state index in [1.165, 1.54) is 25.1 Å². The number of carbonyl (C=O) groups excluding carboxylic acids is 1. The number of hydrogen-bond donors (Lipinski definition) is 1. The fourth-order valence-corrected chi connectivity index (χ4v) is 4.08. The van der Waals surface area contributed by atoms with Gasteiger partial charge >= 0.3 is 0 Å². The SMILES string of the molecule is COc1ccc(-c2noc(CNC(=O)[C@@H](C)N(c3ccccc3F)S(C)(=O)=O)n2)cc1. The van der Waals surface area contributed by atoms with Gasteiger partial charge in [-0.05, 0) is 43.3 Å². The van der Waals surface area contributed by atoms with E-state index in [1.54, 1.807) is 31.4 Å².